The van der Waals surface area contributed by atoms with E-state index in [0.717, 1.165) is 33.7 Å². The number of benzene rings is 2. The minimum Gasteiger partial charge on any atom is -0.352 e. The van der Waals surface area contributed by atoms with E-state index in [9.17, 15) is 18.0 Å². The maximum absolute atomic E-state index is 13.5. The topological polar surface area (TPSA) is 86.8 Å². The zero-order valence-electron chi connectivity index (χ0n) is 20.3. The summed E-state index contributed by atoms with van der Waals surface area (Å²) in [6.45, 7) is 9.20. The van der Waals surface area contributed by atoms with E-state index < -0.39 is 28.5 Å². The number of hydrogen-bond donors (Lipinski definition) is 1. The van der Waals surface area contributed by atoms with Gasteiger partial charge in [0.2, 0.25) is 21.8 Å². The normalized spacial score (nSPS) is 13.2. The van der Waals surface area contributed by atoms with Gasteiger partial charge >= 0.3 is 0 Å². The largest absolute Gasteiger partial charge is 0.352 e. The molecule has 0 saturated heterocycles. The van der Waals surface area contributed by atoms with Gasteiger partial charge in [-0.2, -0.15) is 0 Å². The molecule has 0 saturated carbocycles. The van der Waals surface area contributed by atoms with Crippen molar-refractivity contribution in [3.05, 3.63) is 65.2 Å². The van der Waals surface area contributed by atoms with Gasteiger partial charge in [0.1, 0.15) is 12.6 Å². The summed E-state index contributed by atoms with van der Waals surface area (Å²) in [5, 5.41) is 2.92. The number of anilines is 1. The fourth-order valence-electron chi connectivity index (χ4n) is 3.34. The van der Waals surface area contributed by atoms with E-state index >= 15 is 0 Å². The number of aryl methyl sites for hydroxylation is 2. The Morgan fingerprint density at radius 3 is 2.15 bits per heavy atom. The molecule has 180 valence electrons. The van der Waals surface area contributed by atoms with Gasteiger partial charge in [0.05, 0.1) is 11.9 Å². The average molecular weight is 474 g/mol. The van der Waals surface area contributed by atoms with E-state index in [1.807, 2.05) is 52.0 Å². The van der Waals surface area contributed by atoms with E-state index in [4.69, 9.17) is 0 Å². The highest BCUT2D eigenvalue weighted by molar-refractivity contribution is 7.92. The van der Waals surface area contributed by atoms with Gasteiger partial charge in [-0.1, -0.05) is 48.9 Å². The van der Waals surface area contributed by atoms with Gasteiger partial charge in [-0.25, -0.2) is 8.42 Å². The van der Waals surface area contributed by atoms with Crippen molar-refractivity contribution < 1.29 is 18.0 Å². The summed E-state index contributed by atoms with van der Waals surface area (Å²) in [7, 11) is -3.72. The molecule has 0 fully saturated rings. The standard InChI is InChI=1S/C25H35N3O4S/c1-7-20(4)26-25(30)21(5)27(16-22-11-9-8-10-19(22)3)24(29)17-28(33(6,31)32)23-14-12-18(2)13-15-23/h8-15,20-21H,7,16-17H2,1-6H3,(H,26,30)/t20-,21+/m1/s1. The summed E-state index contributed by atoms with van der Waals surface area (Å²) in [4.78, 5) is 27.8. The van der Waals surface area contributed by atoms with Crippen LogP contribution in [0.5, 0.6) is 0 Å². The second-order valence-corrected chi connectivity index (χ2v) is 10.5. The molecule has 0 unspecified atom stereocenters. The van der Waals surface area contributed by atoms with Crippen molar-refractivity contribution in [3.8, 4) is 0 Å². The molecule has 0 aliphatic carbocycles. The Morgan fingerprint density at radius 2 is 1.61 bits per heavy atom. The van der Waals surface area contributed by atoms with Crippen molar-refractivity contribution in [3.63, 3.8) is 0 Å². The molecule has 2 amide bonds. The van der Waals surface area contributed by atoms with Crippen molar-refractivity contribution in [2.24, 2.45) is 0 Å². The van der Waals surface area contributed by atoms with Crippen LogP contribution in [0.3, 0.4) is 0 Å². The van der Waals surface area contributed by atoms with Crippen LogP contribution in [0, 0.1) is 13.8 Å². The van der Waals surface area contributed by atoms with Crippen LogP contribution in [0.2, 0.25) is 0 Å². The third kappa shape index (κ3) is 7.32. The molecule has 0 aliphatic rings. The number of carbonyl (C=O) groups is 2. The third-order valence-corrected chi connectivity index (χ3v) is 6.91. The highest BCUT2D eigenvalue weighted by atomic mass is 32.2. The fourth-order valence-corrected chi connectivity index (χ4v) is 4.19. The lowest BCUT2D eigenvalue weighted by Crippen LogP contribution is -2.52. The van der Waals surface area contributed by atoms with Crippen molar-refractivity contribution >= 4 is 27.5 Å². The molecule has 2 rings (SSSR count). The second-order valence-electron chi connectivity index (χ2n) is 8.55. The van der Waals surface area contributed by atoms with Crippen molar-refractivity contribution in [2.75, 3.05) is 17.1 Å². The first kappa shape index (κ1) is 26.4. The molecule has 0 heterocycles. The molecule has 2 atom stereocenters. The summed E-state index contributed by atoms with van der Waals surface area (Å²) >= 11 is 0. The zero-order valence-corrected chi connectivity index (χ0v) is 21.1. The molecule has 1 N–H and O–H groups in total. The molecule has 7 nitrogen and oxygen atoms in total. The molecule has 33 heavy (non-hydrogen) atoms. The summed E-state index contributed by atoms with van der Waals surface area (Å²) in [6, 6.07) is 13.8. The van der Waals surface area contributed by atoms with E-state index in [-0.39, 0.29) is 18.5 Å². The van der Waals surface area contributed by atoms with E-state index in [2.05, 4.69) is 5.32 Å². The molecule has 8 heteroatoms. The van der Waals surface area contributed by atoms with E-state index in [1.54, 1.807) is 31.2 Å². The van der Waals surface area contributed by atoms with Gasteiger partial charge in [-0.15, -0.1) is 0 Å². The Hall–Kier alpha value is -2.87. The van der Waals surface area contributed by atoms with Crippen molar-refractivity contribution in [2.45, 2.75) is 59.7 Å². The molecule has 0 spiro atoms. The molecule has 2 aromatic rings. The van der Waals surface area contributed by atoms with Gasteiger partial charge in [0, 0.05) is 12.6 Å². The Bertz CT molecular complexity index is 1070. The zero-order chi connectivity index (χ0) is 24.8. The minimum atomic E-state index is -3.72. The predicted molar refractivity (Wildman–Crippen MR) is 132 cm³/mol. The van der Waals surface area contributed by atoms with Crippen LogP contribution in [0.1, 0.15) is 43.9 Å². The molecule has 0 aliphatic heterocycles. The van der Waals surface area contributed by atoms with Crippen LogP contribution in [-0.4, -0.2) is 50.0 Å². The molecular weight excluding hydrogens is 438 g/mol. The lowest BCUT2D eigenvalue weighted by atomic mass is 10.1. The number of rotatable bonds is 10. The Balaban J connectivity index is 2.39. The van der Waals surface area contributed by atoms with Crippen molar-refractivity contribution in [1.29, 1.82) is 0 Å². The van der Waals surface area contributed by atoms with Gasteiger partial charge in [0.15, 0.2) is 0 Å². The highest BCUT2D eigenvalue weighted by Crippen LogP contribution is 2.20. The van der Waals surface area contributed by atoms with E-state index in [0.29, 0.717) is 5.69 Å². The van der Waals surface area contributed by atoms with Gasteiger partial charge in [-0.3, -0.25) is 13.9 Å². The average Bonchev–Trinajstić information content (AvgIpc) is 2.76. The Morgan fingerprint density at radius 1 is 1.00 bits per heavy atom. The number of nitrogens with zero attached hydrogens (tertiary/aromatic N) is 2. The molecular formula is C25H35N3O4S. The van der Waals surface area contributed by atoms with Gasteiger partial charge < -0.3 is 10.2 Å². The van der Waals surface area contributed by atoms with Crippen LogP contribution in [-0.2, 0) is 26.2 Å². The third-order valence-electron chi connectivity index (χ3n) is 5.77. The lowest BCUT2D eigenvalue weighted by molar-refractivity contribution is -0.139. The van der Waals surface area contributed by atoms with E-state index in [1.165, 1.54) is 4.90 Å². The number of carbonyl (C=O) groups excluding carboxylic acids is 2. The first-order valence-electron chi connectivity index (χ1n) is 11.1. The summed E-state index contributed by atoms with van der Waals surface area (Å²) in [5.74, 6) is -0.719. The van der Waals surface area contributed by atoms with Gasteiger partial charge in [-0.05, 0) is 57.4 Å². The Labute approximate surface area is 197 Å². The quantitative estimate of drug-likeness (QED) is 0.573. The number of hydrogen-bond acceptors (Lipinski definition) is 4. The number of nitrogens with one attached hydrogen (secondary N) is 1. The van der Waals surface area contributed by atoms with Crippen LogP contribution in [0.15, 0.2) is 48.5 Å². The molecule has 2 aromatic carbocycles. The van der Waals surface area contributed by atoms with Crippen molar-refractivity contribution in [1.82, 2.24) is 10.2 Å². The molecule has 0 bridgehead atoms. The van der Waals surface area contributed by atoms with Crippen LogP contribution in [0.25, 0.3) is 0 Å². The van der Waals surface area contributed by atoms with Crippen LogP contribution >= 0.6 is 0 Å². The predicted octanol–water partition coefficient (Wildman–Crippen LogP) is 3.40. The molecule has 0 radical (unpaired) electrons. The first-order valence-corrected chi connectivity index (χ1v) is 13.0. The SMILES string of the molecule is CC[C@@H](C)NC(=O)[C@H](C)N(Cc1ccccc1C)C(=O)CN(c1ccc(C)cc1)S(C)(=O)=O. The lowest BCUT2D eigenvalue weighted by Gasteiger charge is -2.32. The summed E-state index contributed by atoms with van der Waals surface area (Å²) < 4.78 is 26.2. The monoisotopic (exact) mass is 473 g/mol. The molecule has 0 aromatic heterocycles. The summed E-state index contributed by atoms with van der Waals surface area (Å²) in [5.41, 5.74) is 3.28. The maximum Gasteiger partial charge on any atom is 0.244 e. The second kappa shape index (κ2) is 11.3. The first-order chi connectivity index (χ1) is 15.4. The number of amides is 2. The van der Waals surface area contributed by atoms with Crippen LogP contribution in [0.4, 0.5) is 5.69 Å². The van der Waals surface area contributed by atoms with Crippen LogP contribution < -0.4 is 9.62 Å². The highest BCUT2D eigenvalue weighted by Gasteiger charge is 2.30. The maximum atomic E-state index is 13.5. The number of sulfonamides is 1. The van der Waals surface area contributed by atoms with Gasteiger partial charge in [0.25, 0.3) is 0 Å². The summed E-state index contributed by atoms with van der Waals surface area (Å²) in [6.07, 6.45) is 1.84. The minimum absolute atomic E-state index is 0.0320. The Kier molecular flexibility index (Phi) is 9.05. The smallest absolute Gasteiger partial charge is 0.244 e. The fraction of sp³-hybridized carbons (Fsp3) is 0.440.